The van der Waals surface area contributed by atoms with Gasteiger partial charge >= 0.3 is 0 Å². The van der Waals surface area contributed by atoms with E-state index in [9.17, 15) is 0 Å². The van der Waals surface area contributed by atoms with Crippen molar-refractivity contribution < 1.29 is 9.47 Å². The molecule has 1 N–H and O–H groups in total. The first-order valence-electron chi connectivity index (χ1n) is 20.7. The Morgan fingerprint density at radius 2 is 1.17 bits per heavy atom. The fraction of sp³-hybridized carbons (Fsp3) is 0.170. The predicted molar refractivity (Wildman–Crippen MR) is 244 cm³/mol. The zero-order valence-corrected chi connectivity index (χ0v) is 33.6. The monoisotopic (exact) mass is 750 g/mol. The molecule has 0 saturated carbocycles. The summed E-state index contributed by atoms with van der Waals surface area (Å²) in [6.07, 6.45) is 2.34. The van der Waals surface area contributed by atoms with Crippen LogP contribution >= 0.6 is 0 Å². The Kier molecular flexibility index (Phi) is 6.85. The van der Waals surface area contributed by atoms with E-state index in [4.69, 9.17) is 9.47 Å². The second-order valence-electron chi connectivity index (χ2n) is 18.1. The summed E-state index contributed by atoms with van der Waals surface area (Å²) in [5, 5.41) is 11.6. The van der Waals surface area contributed by atoms with Crippen LogP contribution < -0.4 is 25.7 Å². The highest BCUT2D eigenvalue weighted by atomic mass is 16.6. The lowest BCUT2D eigenvalue weighted by Gasteiger charge is -2.42. The van der Waals surface area contributed by atoms with Crippen molar-refractivity contribution in [1.82, 2.24) is 4.57 Å². The Balaban J connectivity index is 1.15. The molecule has 0 bridgehead atoms. The lowest BCUT2D eigenvalue weighted by atomic mass is 9.58. The Bertz CT molecular complexity index is 3260. The molecule has 3 heterocycles. The third-order valence-electron chi connectivity index (χ3n) is 13.6. The molecule has 58 heavy (non-hydrogen) atoms. The van der Waals surface area contributed by atoms with Crippen molar-refractivity contribution in [2.75, 3.05) is 5.32 Å². The zero-order chi connectivity index (χ0) is 39.1. The van der Waals surface area contributed by atoms with E-state index in [0.717, 1.165) is 42.1 Å². The highest BCUT2D eigenvalue weighted by molar-refractivity contribution is 6.74. The number of benzene rings is 8. The summed E-state index contributed by atoms with van der Waals surface area (Å²) in [7, 11) is 0.805. The van der Waals surface area contributed by atoms with Crippen molar-refractivity contribution in [3.05, 3.63) is 150 Å². The summed E-state index contributed by atoms with van der Waals surface area (Å²) in [6.45, 7) is 11.8. The molecular weight excluding hydrogens is 707 g/mol. The van der Waals surface area contributed by atoms with E-state index < -0.39 is 0 Å². The van der Waals surface area contributed by atoms with Gasteiger partial charge in [-0.25, -0.2) is 0 Å². The van der Waals surface area contributed by atoms with Gasteiger partial charge in [0, 0.05) is 50.1 Å². The van der Waals surface area contributed by atoms with E-state index in [1.54, 1.807) is 0 Å². The van der Waals surface area contributed by atoms with Gasteiger partial charge in [0.15, 0.2) is 30.3 Å². The first-order chi connectivity index (χ1) is 28.1. The third kappa shape index (κ3) is 4.76. The van der Waals surface area contributed by atoms with Crippen LogP contribution in [0.4, 0.5) is 11.4 Å². The molecular formula is C53H43BN2O2. The number of rotatable bonds is 3. The van der Waals surface area contributed by atoms with Gasteiger partial charge in [0.1, 0.15) is 0 Å². The number of nitrogens with zero attached hydrogens (tertiary/aromatic N) is 1. The van der Waals surface area contributed by atoms with Crippen molar-refractivity contribution in [1.29, 1.82) is 0 Å². The first-order valence-corrected chi connectivity index (χ1v) is 20.7. The fourth-order valence-electron chi connectivity index (χ4n) is 10.4. The molecule has 5 heteroatoms. The topological polar surface area (TPSA) is 35.4 Å². The molecule has 9 aromatic rings. The number of hydrogen-bond donors (Lipinski definition) is 1. The summed E-state index contributed by atoms with van der Waals surface area (Å²) in [5.41, 5.74) is 15.2. The number of fused-ring (bicyclic) bond motifs is 12. The number of aromatic nitrogens is 1. The minimum atomic E-state index is 0.0776. The molecule has 0 saturated heterocycles. The van der Waals surface area contributed by atoms with E-state index in [0.29, 0.717) is 11.5 Å². The Hall–Kier alpha value is -6.46. The Morgan fingerprint density at radius 3 is 1.95 bits per heavy atom. The largest absolute Gasteiger partial charge is 0.449 e. The van der Waals surface area contributed by atoms with Gasteiger partial charge in [-0.3, -0.25) is 0 Å². The van der Waals surface area contributed by atoms with Gasteiger partial charge in [0.05, 0.1) is 11.2 Å². The molecule has 0 atom stereocenters. The molecule has 280 valence electrons. The minimum absolute atomic E-state index is 0.0776. The van der Waals surface area contributed by atoms with E-state index >= 15 is 0 Å². The maximum Gasteiger partial charge on any atom is 0.198 e. The molecule has 0 unspecified atom stereocenters. The molecule has 0 amide bonds. The van der Waals surface area contributed by atoms with Crippen molar-refractivity contribution in [2.45, 2.75) is 58.3 Å². The number of hydrogen-bond acceptors (Lipinski definition) is 3. The van der Waals surface area contributed by atoms with Crippen LogP contribution in [0.3, 0.4) is 0 Å². The van der Waals surface area contributed by atoms with Crippen LogP contribution in [0.5, 0.6) is 23.0 Å². The molecule has 8 aromatic carbocycles. The Morgan fingerprint density at radius 1 is 0.534 bits per heavy atom. The van der Waals surface area contributed by atoms with Crippen LogP contribution in [0, 0.1) is 6.92 Å². The second kappa shape index (κ2) is 11.8. The van der Waals surface area contributed by atoms with Gasteiger partial charge in [-0.05, 0) is 99.4 Å². The van der Waals surface area contributed by atoms with Crippen molar-refractivity contribution in [3.8, 4) is 39.8 Å². The molecule has 1 aliphatic carbocycles. The standard InChI is InChI=1S/C53H43BN2O2/c1-30-25-39-40(53(4,5)24-23-52(39,2)3)28-42(30)55-43-29-47-46(57-44-19-10-11-20-45(44)58-47)27-37(43)38-26-32-14-7-9-16-34(32)51-48(38)54-41-18-12-17-35-36-22-21-31-13-6-8-15-33(31)49(36)56(51)50(35)41/h6-22,25-29,54-55H,23-24H2,1-5H3. The lowest BCUT2D eigenvalue weighted by Crippen LogP contribution is -2.37. The fourth-order valence-corrected chi connectivity index (χ4v) is 10.4. The maximum absolute atomic E-state index is 6.66. The number of anilines is 2. The molecule has 3 aliphatic rings. The molecule has 4 nitrogen and oxygen atoms in total. The van der Waals surface area contributed by atoms with Crippen molar-refractivity contribution in [3.63, 3.8) is 0 Å². The van der Waals surface area contributed by atoms with Gasteiger partial charge in [0.25, 0.3) is 0 Å². The maximum atomic E-state index is 6.66. The summed E-state index contributed by atoms with van der Waals surface area (Å²) in [5.74, 6) is 2.85. The molecule has 12 rings (SSSR count). The second-order valence-corrected chi connectivity index (χ2v) is 18.1. The van der Waals surface area contributed by atoms with Gasteiger partial charge in [-0.15, -0.1) is 0 Å². The molecule has 2 aliphatic heterocycles. The highest BCUT2D eigenvalue weighted by Crippen LogP contribution is 2.52. The molecule has 0 radical (unpaired) electrons. The van der Waals surface area contributed by atoms with Gasteiger partial charge in [-0.2, -0.15) is 0 Å². The number of para-hydroxylation sites is 3. The molecule has 0 spiro atoms. The number of nitrogens with one attached hydrogen (secondary N) is 1. The summed E-state index contributed by atoms with van der Waals surface area (Å²) in [4.78, 5) is 0. The lowest BCUT2D eigenvalue weighted by molar-refractivity contribution is 0.332. The number of aryl methyl sites for hydroxylation is 1. The first kappa shape index (κ1) is 33.7. The molecule has 0 fully saturated rings. The summed E-state index contributed by atoms with van der Waals surface area (Å²) >= 11 is 0. The number of ether oxygens (including phenoxy) is 2. The van der Waals surface area contributed by atoms with Crippen LogP contribution in [0.25, 0.3) is 60.2 Å². The van der Waals surface area contributed by atoms with E-state index in [1.807, 2.05) is 24.3 Å². The quantitative estimate of drug-likeness (QED) is 0.183. The van der Waals surface area contributed by atoms with Crippen LogP contribution in [0.1, 0.15) is 57.2 Å². The van der Waals surface area contributed by atoms with Crippen molar-refractivity contribution in [2.24, 2.45) is 0 Å². The van der Waals surface area contributed by atoms with Gasteiger partial charge in [0.2, 0.25) is 0 Å². The Labute approximate surface area is 339 Å². The average molecular weight is 751 g/mol. The predicted octanol–water partition coefficient (Wildman–Crippen LogP) is 12.8. The van der Waals surface area contributed by atoms with Gasteiger partial charge < -0.3 is 19.4 Å². The summed E-state index contributed by atoms with van der Waals surface area (Å²) in [6, 6.07) is 48.7. The average Bonchev–Trinajstić information content (AvgIpc) is 3.58. The highest BCUT2D eigenvalue weighted by Gasteiger charge is 2.38. The SMILES string of the molecule is Cc1cc2c(cc1Nc1cc3c(cc1-c1cc4ccccc4c4c1Bc1cccc5c6ccc7ccccc7c6n-4c15)Oc1ccccc1O3)C(C)(C)CCC2(C)C. The normalized spacial score (nSPS) is 15.5. The zero-order valence-electron chi connectivity index (χ0n) is 33.6. The minimum Gasteiger partial charge on any atom is -0.449 e. The molecule has 1 aromatic heterocycles. The van der Waals surface area contributed by atoms with Crippen LogP contribution in [-0.2, 0) is 10.8 Å². The summed E-state index contributed by atoms with van der Waals surface area (Å²) < 4.78 is 15.9. The smallest absolute Gasteiger partial charge is 0.198 e. The van der Waals surface area contributed by atoms with Crippen LogP contribution in [0.2, 0.25) is 0 Å². The van der Waals surface area contributed by atoms with E-state index in [2.05, 4.69) is 154 Å². The van der Waals surface area contributed by atoms with E-state index in [1.165, 1.54) is 88.6 Å². The van der Waals surface area contributed by atoms with E-state index in [-0.39, 0.29) is 10.8 Å². The van der Waals surface area contributed by atoms with Crippen LogP contribution in [-0.4, -0.2) is 11.8 Å². The van der Waals surface area contributed by atoms with Crippen molar-refractivity contribution >= 4 is 72.9 Å². The third-order valence-corrected chi connectivity index (χ3v) is 13.6. The van der Waals surface area contributed by atoms with Gasteiger partial charge in [-0.1, -0.05) is 130 Å². The van der Waals surface area contributed by atoms with Crippen LogP contribution in [0.15, 0.2) is 133 Å².